The lowest BCUT2D eigenvalue weighted by molar-refractivity contribution is 0.0422. The van der Waals surface area contributed by atoms with Gasteiger partial charge in [-0.25, -0.2) is 9.48 Å². The normalized spacial score (nSPS) is 11.0. The van der Waals surface area contributed by atoms with Gasteiger partial charge in [-0.2, -0.15) is 0 Å². The van der Waals surface area contributed by atoms with Gasteiger partial charge < -0.3 is 9.15 Å². The molecule has 22 heavy (non-hydrogen) atoms. The van der Waals surface area contributed by atoms with Crippen LogP contribution < -0.4 is 0 Å². The molecule has 3 rings (SSSR count). The number of carbonyl (C=O) groups is 1. The first-order chi connectivity index (χ1) is 10.8. The van der Waals surface area contributed by atoms with Gasteiger partial charge in [0.05, 0.1) is 0 Å². The Morgan fingerprint density at radius 1 is 1.36 bits per heavy atom. The highest BCUT2D eigenvalue weighted by Gasteiger charge is 2.15. The summed E-state index contributed by atoms with van der Waals surface area (Å²) in [4.78, 5) is 12.0. The highest BCUT2D eigenvalue weighted by molar-refractivity contribution is 5.92. The molecule has 3 aromatic rings. The van der Waals surface area contributed by atoms with E-state index < -0.39 is 5.97 Å². The zero-order chi connectivity index (χ0) is 15.4. The number of benzene rings is 1. The molecule has 0 N–H and O–H groups in total. The van der Waals surface area contributed by atoms with Crippen LogP contribution in [0.3, 0.4) is 0 Å². The van der Waals surface area contributed by atoms with Crippen molar-refractivity contribution in [3.63, 3.8) is 0 Å². The van der Waals surface area contributed by atoms with E-state index in [2.05, 4.69) is 22.4 Å². The highest BCUT2D eigenvalue weighted by Crippen LogP contribution is 2.19. The number of hydrogen-bond donors (Lipinski definition) is 0. The molecule has 2 aromatic heterocycles. The summed E-state index contributed by atoms with van der Waals surface area (Å²) in [6, 6.07) is 9.08. The molecule has 0 unspecified atom stereocenters. The molecule has 2 heterocycles. The van der Waals surface area contributed by atoms with Crippen LogP contribution in [-0.4, -0.2) is 26.2 Å². The Kier molecular flexibility index (Phi) is 4.13. The summed E-state index contributed by atoms with van der Waals surface area (Å²) in [7, 11) is 0. The van der Waals surface area contributed by atoms with Gasteiger partial charge >= 0.3 is 5.97 Å². The Morgan fingerprint density at radius 3 is 3.05 bits per heavy atom. The predicted molar refractivity (Wildman–Crippen MR) is 78.1 cm³/mol. The molecule has 0 spiro atoms. The van der Waals surface area contributed by atoms with Crippen molar-refractivity contribution in [1.82, 2.24) is 20.2 Å². The van der Waals surface area contributed by atoms with Crippen LogP contribution in [0.5, 0.6) is 0 Å². The summed E-state index contributed by atoms with van der Waals surface area (Å²) in [5.74, 6) is 0.174. The molecule has 0 fully saturated rings. The van der Waals surface area contributed by atoms with Crippen LogP contribution in [0.1, 0.15) is 36.1 Å². The number of aromatic nitrogens is 4. The lowest BCUT2D eigenvalue weighted by atomic mass is 10.2. The van der Waals surface area contributed by atoms with Crippen molar-refractivity contribution in [3.05, 3.63) is 41.9 Å². The molecule has 0 saturated carbocycles. The van der Waals surface area contributed by atoms with Crippen molar-refractivity contribution in [1.29, 1.82) is 0 Å². The Labute approximate surface area is 126 Å². The van der Waals surface area contributed by atoms with Crippen molar-refractivity contribution < 1.29 is 13.9 Å². The quantitative estimate of drug-likeness (QED) is 0.651. The fourth-order valence-corrected chi connectivity index (χ4v) is 2.09. The number of esters is 1. The van der Waals surface area contributed by atoms with E-state index in [4.69, 9.17) is 9.15 Å². The van der Waals surface area contributed by atoms with Gasteiger partial charge in [-0.3, -0.25) is 0 Å². The Hall–Kier alpha value is -2.70. The zero-order valence-electron chi connectivity index (χ0n) is 12.2. The predicted octanol–water partition coefficient (Wildman–Crippen LogP) is 2.58. The van der Waals surface area contributed by atoms with Gasteiger partial charge in [0.2, 0.25) is 5.76 Å². The second-order valence-corrected chi connectivity index (χ2v) is 4.90. The first-order valence-electron chi connectivity index (χ1n) is 7.18. The third-order valence-electron chi connectivity index (χ3n) is 3.29. The monoisotopic (exact) mass is 300 g/mol. The molecule has 0 saturated heterocycles. The average molecular weight is 300 g/mol. The van der Waals surface area contributed by atoms with E-state index in [0.29, 0.717) is 18.0 Å². The van der Waals surface area contributed by atoms with Crippen LogP contribution in [0.4, 0.5) is 0 Å². The number of unbranched alkanes of at least 4 members (excludes halogenated alkanes) is 1. The maximum atomic E-state index is 12.0. The van der Waals surface area contributed by atoms with E-state index in [9.17, 15) is 4.79 Å². The van der Waals surface area contributed by atoms with E-state index in [1.54, 1.807) is 16.8 Å². The van der Waals surface area contributed by atoms with Crippen molar-refractivity contribution in [2.75, 3.05) is 0 Å². The standard InChI is InChI=1S/C15H16N4O3/c1-2-3-8-19-14(16-17-18-19)10-21-15(20)13-9-11-6-4-5-7-12(11)22-13/h4-7,9H,2-3,8,10H2,1H3. The van der Waals surface area contributed by atoms with Crippen LogP contribution in [0, 0.1) is 0 Å². The molecule has 0 amide bonds. The molecular formula is C15H16N4O3. The van der Waals surface area contributed by atoms with Gasteiger partial charge in [-0.15, -0.1) is 5.10 Å². The molecule has 1 aromatic carbocycles. The van der Waals surface area contributed by atoms with Gasteiger partial charge in [-0.05, 0) is 29.0 Å². The fraction of sp³-hybridized carbons (Fsp3) is 0.333. The van der Waals surface area contributed by atoms with E-state index in [-0.39, 0.29) is 12.4 Å². The average Bonchev–Trinajstić information content (AvgIpc) is 3.16. The molecule has 0 bridgehead atoms. The maximum Gasteiger partial charge on any atom is 0.374 e. The third kappa shape index (κ3) is 2.98. The van der Waals surface area contributed by atoms with Crippen LogP contribution in [0.2, 0.25) is 0 Å². The number of para-hydroxylation sites is 1. The Bertz CT molecular complexity index is 745. The maximum absolute atomic E-state index is 12.0. The van der Waals surface area contributed by atoms with Gasteiger partial charge in [0, 0.05) is 11.9 Å². The number of furan rings is 1. The fourth-order valence-electron chi connectivity index (χ4n) is 2.09. The van der Waals surface area contributed by atoms with Crippen LogP contribution >= 0.6 is 0 Å². The van der Waals surface area contributed by atoms with Gasteiger partial charge in [0.25, 0.3) is 0 Å². The minimum absolute atomic E-state index is 0.0204. The van der Waals surface area contributed by atoms with E-state index in [1.807, 2.05) is 18.2 Å². The largest absolute Gasteiger partial charge is 0.452 e. The minimum Gasteiger partial charge on any atom is -0.452 e. The van der Waals surface area contributed by atoms with E-state index in [1.165, 1.54) is 0 Å². The minimum atomic E-state index is -0.527. The lowest BCUT2D eigenvalue weighted by Gasteiger charge is -2.04. The number of aryl methyl sites for hydroxylation is 1. The zero-order valence-corrected chi connectivity index (χ0v) is 12.2. The number of tetrazole rings is 1. The number of rotatable bonds is 6. The molecule has 0 aliphatic rings. The summed E-state index contributed by atoms with van der Waals surface area (Å²) in [5.41, 5.74) is 0.655. The molecule has 0 aliphatic carbocycles. The molecule has 7 nitrogen and oxygen atoms in total. The van der Waals surface area contributed by atoms with Crippen molar-refractivity contribution in [2.45, 2.75) is 32.9 Å². The Balaban J connectivity index is 1.66. The van der Waals surface area contributed by atoms with Gasteiger partial charge in [-0.1, -0.05) is 31.5 Å². The summed E-state index contributed by atoms with van der Waals surface area (Å²) < 4.78 is 12.3. The SMILES string of the molecule is CCCCn1nnnc1COC(=O)c1cc2ccccc2o1. The second-order valence-electron chi connectivity index (χ2n) is 4.90. The summed E-state index contributed by atoms with van der Waals surface area (Å²) in [5, 5.41) is 12.2. The summed E-state index contributed by atoms with van der Waals surface area (Å²) in [6.45, 7) is 2.82. The first-order valence-corrected chi connectivity index (χ1v) is 7.18. The summed E-state index contributed by atoms with van der Waals surface area (Å²) in [6.07, 6.45) is 2.01. The van der Waals surface area contributed by atoms with E-state index >= 15 is 0 Å². The number of fused-ring (bicyclic) bond motifs is 1. The first kappa shape index (κ1) is 14.2. The van der Waals surface area contributed by atoms with Crippen LogP contribution in [0.15, 0.2) is 34.7 Å². The molecule has 0 aliphatic heterocycles. The Morgan fingerprint density at radius 2 is 2.23 bits per heavy atom. The molecule has 0 atom stereocenters. The number of carbonyl (C=O) groups excluding carboxylic acids is 1. The van der Waals surface area contributed by atoms with E-state index in [0.717, 1.165) is 18.2 Å². The highest BCUT2D eigenvalue weighted by atomic mass is 16.5. The lowest BCUT2D eigenvalue weighted by Crippen LogP contribution is -2.10. The van der Waals surface area contributed by atoms with Crippen molar-refractivity contribution in [3.8, 4) is 0 Å². The van der Waals surface area contributed by atoms with Gasteiger partial charge in [0.1, 0.15) is 5.58 Å². The number of nitrogens with zero attached hydrogens (tertiary/aromatic N) is 4. The number of ether oxygens (including phenoxy) is 1. The van der Waals surface area contributed by atoms with Crippen molar-refractivity contribution in [2.24, 2.45) is 0 Å². The topological polar surface area (TPSA) is 83.0 Å². The summed E-state index contributed by atoms with van der Waals surface area (Å²) >= 11 is 0. The molecule has 114 valence electrons. The molecule has 7 heteroatoms. The van der Waals surface area contributed by atoms with Gasteiger partial charge in [0.15, 0.2) is 12.4 Å². The molecular weight excluding hydrogens is 284 g/mol. The van der Waals surface area contributed by atoms with Crippen LogP contribution in [0.25, 0.3) is 11.0 Å². The smallest absolute Gasteiger partial charge is 0.374 e. The van der Waals surface area contributed by atoms with Crippen molar-refractivity contribution >= 4 is 16.9 Å². The van der Waals surface area contributed by atoms with Crippen LogP contribution in [-0.2, 0) is 17.9 Å². The molecule has 0 radical (unpaired) electrons. The number of hydrogen-bond acceptors (Lipinski definition) is 6. The third-order valence-corrected chi connectivity index (χ3v) is 3.29. The second kappa shape index (κ2) is 6.38.